The van der Waals surface area contributed by atoms with Gasteiger partial charge in [0.1, 0.15) is 0 Å². The number of amides is 2. The summed E-state index contributed by atoms with van der Waals surface area (Å²) in [4.78, 5) is 23.3. The first-order valence-corrected chi connectivity index (χ1v) is 8.01. The first-order valence-electron chi connectivity index (χ1n) is 8.01. The van der Waals surface area contributed by atoms with Crippen molar-refractivity contribution in [1.29, 1.82) is 0 Å². The van der Waals surface area contributed by atoms with Crippen LogP contribution in [0.2, 0.25) is 0 Å². The molecule has 1 heterocycles. The Morgan fingerprint density at radius 3 is 2.50 bits per heavy atom. The molecule has 2 amide bonds. The Balaban J connectivity index is 1.49. The molecule has 2 aliphatic rings. The minimum atomic E-state index is -0.0899. The second-order valence-electron chi connectivity index (χ2n) is 6.06. The second-order valence-corrected chi connectivity index (χ2v) is 6.06. The van der Waals surface area contributed by atoms with Gasteiger partial charge in [0.25, 0.3) is 0 Å². The number of carbonyl (C=O) groups is 2. The minimum Gasteiger partial charge on any atom is -0.353 e. The third-order valence-corrected chi connectivity index (χ3v) is 4.41. The molecule has 0 radical (unpaired) electrons. The number of carbonyl (C=O) groups excluding carboxylic acids is 2. The minimum absolute atomic E-state index is 0.00559. The predicted octanol–water partition coefficient (Wildman–Crippen LogP) is 0.941. The summed E-state index contributed by atoms with van der Waals surface area (Å²) in [7, 11) is 0. The smallest absolute Gasteiger partial charge is 0.239 e. The molecule has 5 heteroatoms. The van der Waals surface area contributed by atoms with Gasteiger partial charge in [0.15, 0.2) is 0 Å². The molecule has 1 unspecified atom stereocenters. The van der Waals surface area contributed by atoms with Crippen LogP contribution in [-0.2, 0) is 9.59 Å². The summed E-state index contributed by atoms with van der Waals surface area (Å²) in [6, 6.07) is 0.400. The highest BCUT2D eigenvalue weighted by molar-refractivity contribution is 5.84. The van der Waals surface area contributed by atoms with Crippen molar-refractivity contribution < 1.29 is 9.59 Å². The van der Waals surface area contributed by atoms with Crippen molar-refractivity contribution >= 4 is 11.8 Å². The van der Waals surface area contributed by atoms with Crippen LogP contribution in [0.5, 0.6) is 0 Å². The SMILES string of the molecule is O=C(CCC1CCCC1)NCC(=O)NCC1CCCN1. The second kappa shape index (κ2) is 8.25. The molecular weight excluding hydrogens is 254 g/mol. The van der Waals surface area contributed by atoms with E-state index in [1.807, 2.05) is 0 Å². The largest absolute Gasteiger partial charge is 0.353 e. The number of hydrogen-bond donors (Lipinski definition) is 3. The summed E-state index contributed by atoms with van der Waals surface area (Å²) < 4.78 is 0. The van der Waals surface area contributed by atoms with E-state index in [9.17, 15) is 9.59 Å². The first-order chi connectivity index (χ1) is 9.74. The Morgan fingerprint density at radius 1 is 1.00 bits per heavy atom. The quantitative estimate of drug-likeness (QED) is 0.650. The third kappa shape index (κ3) is 5.49. The molecule has 114 valence electrons. The van der Waals surface area contributed by atoms with Gasteiger partial charge in [-0.1, -0.05) is 25.7 Å². The van der Waals surface area contributed by atoms with Gasteiger partial charge in [-0.05, 0) is 31.7 Å². The van der Waals surface area contributed by atoms with E-state index in [4.69, 9.17) is 0 Å². The molecular formula is C15H27N3O2. The standard InChI is InChI=1S/C15H27N3O2/c19-14(8-7-12-4-1-2-5-12)18-11-15(20)17-10-13-6-3-9-16-13/h12-13,16H,1-11H2,(H,17,20)(H,18,19). The fourth-order valence-electron chi connectivity index (χ4n) is 3.13. The van der Waals surface area contributed by atoms with Gasteiger partial charge in [0.05, 0.1) is 6.54 Å². The van der Waals surface area contributed by atoms with Gasteiger partial charge >= 0.3 is 0 Å². The van der Waals surface area contributed by atoms with Crippen molar-refractivity contribution in [2.45, 2.75) is 57.4 Å². The normalized spacial score (nSPS) is 22.9. The maximum Gasteiger partial charge on any atom is 0.239 e. The molecule has 0 aromatic heterocycles. The highest BCUT2D eigenvalue weighted by atomic mass is 16.2. The van der Waals surface area contributed by atoms with Crippen LogP contribution < -0.4 is 16.0 Å². The molecule has 0 aromatic rings. The van der Waals surface area contributed by atoms with E-state index in [1.165, 1.54) is 32.1 Å². The van der Waals surface area contributed by atoms with Gasteiger partial charge in [-0.3, -0.25) is 9.59 Å². The Kier molecular flexibility index (Phi) is 6.30. The summed E-state index contributed by atoms with van der Waals surface area (Å²) in [5, 5.41) is 8.90. The molecule has 3 N–H and O–H groups in total. The van der Waals surface area contributed by atoms with Crippen LogP contribution in [0.25, 0.3) is 0 Å². The number of hydrogen-bond acceptors (Lipinski definition) is 3. The van der Waals surface area contributed by atoms with Gasteiger partial charge in [-0.2, -0.15) is 0 Å². The molecule has 1 saturated heterocycles. The first kappa shape index (κ1) is 15.3. The predicted molar refractivity (Wildman–Crippen MR) is 78.2 cm³/mol. The topological polar surface area (TPSA) is 70.2 Å². The Labute approximate surface area is 121 Å². The number of nitrogens with one attached hydrogen (secondary N) is 3. The van der Waals surface area contributed by atoms with Gasteiger partial charge < -0.3 is 16.0 Å². The van der Waals surface area contributed by atoms with Crippen molar-refractivity contribution in [3.8, 4) is 0 Å². The zero-order valence-corrected chi connectivity index (χ0v) is 12.2. The van der Waals surface area contributed by atoms with Crippen LogP contribution in [0.4, 0.5) is 0 Å². The van der Waals surface area contributed by atoms with E-state index in [2.05, 4.69) is 16.0 Å². The Bertz CT molecular complexity index is 289. The monoisotopic (exact) mass is 281 g/mol. The van der Waals surface area contributed by atoms with E-state index in [0.717, 1.165) is 25.3 Å². The van der Waals surface area contributed by atoms with Crippen molar-refractivity contribution in [2.24, 2.45) is 5.92 Å². The molecule has 0 bridgehead atoms. The average Bonchev–Trinajstić information content (AvgIpc) is 3.13. The lowest BCUT2D eigenvalue weighted by molar-refractivity contribution is -0.126. The molecule has 2 fully saturated rings. The van der Waals surface area contributed by atoms with Crippen molar-refractivity contribution in [1.82, 2.24) is 16.0 Å². The zero-order valence-electron chi connectivity index (χ0n) is 12.2. The van der Waals surface area contributed by atoms with E-state index < -0.39 is 0 Å². The molecule has 1 aliphatic carbocycles. The maximum absolute atomic E-state index is 11.7. The molecule has 5 nitrogen and oxygen atoms in total. The van der Waals surface area contributed by atoms with E-state index in [0.29, 0.717) is 19.0 Å². The van der Waals surface area contributed by atoms with E-state index in [-0.39, 0.29) is 18.4 Å². The summed E-state index contributed by atoms with van der Waals surface area (Å²) in [6.07, 6.45) is 8.98. The fourth-order valence-corrected chi connectivity index (χ4v) is 3.13. The average molecular weight is 281 g/mol. The summed E-state index contributed by atoms with van der Waals surface area (Å²) in [6.45, 7) is 1.81. The van der Waals surface area contributed by atoms with Crippen molar-refractivity contribution in [3.05, 3.63) is 0 Å². The summed E-state index contributed by atoms with van der Waals surface area (Å²) in [5.41, 5.74) is 0. The summed E-state index contributed by atoms with van der Waals surface area (Å²) >= 11 is 0. The lowest BCUT2D eigenvalue weighted by Gasteiger charge is -2.12. The molecule has 2 rings (SSSR count). The molecule has 0 spiro atoms. The van der Waals surface area contributed by atoms with E-state index >= 15 is 0 Å². The fraction of sp³-hybridized carbons (Fsp3) is 0.867. The maximum atomic E-state index is 11.7. The lowest BCUT2D eigenvalue weighted by atomic mass is 10.0. The van der Waals surface area contributed by atoms with Crippen molar-refractivity contribution in [2.75, 3.05) is 19.6 Å². The Morgan fingerprint density at radius 2 is 1.80 bits per heavy atom. The van der Waals surface area contributed by atoms with Crippen LogP contribution in [0.1, 0.15) is 51.4 Å². The van der Waals surface area contributed by atoms with Crippen LogP contribution >= 0.6 is 0 Å². The number of rotatable bonds is 7. The third-order valence-electron chi connectivity index (χ3n) is 4.41. The van der Waals surface area contributed by atoms with Crippen molar-refractivity contribution in [3.63, 3.8) is 0 Å². The van der Waals surface area contributed by atoms with Crippen LogP contribution in [0.15, 0.2) is 0 Å². The molecule has 0 aromatic carbocycles. The van der Waals surface area contributed by atoms with Gasteiger partial charge in [-0.25, -0.2) is 0 Å². The van der Waals surface area contributed by atoms with Crippen LogP contribution in [-0.4, -0.2) is 37.5 Å². The molecule has 1 atom stereocenters. The van der Waals surface area contributed by atoms with Crippen LogP contribution in [0.3, 0.4) is 0 Å². The highest BCUT2D eigenvalue weighted by Crippen LogP contribution is 2.28. The van der Waals surface area contributed by atoms with Crippen LogP contribution in [0, 0.1) is 5.92 Å². The zero-order chi connectivity index (χ0) is 14.2. The Hall–Kier alpha value is -1.10. The summed E-state index contributed by atoms with van der Waals surface area (Å²) in [5.74, 6) is 0.641. The van der Waals surface area contributed by atoms with Gasteiger partial charge in [-0.15, -0.1) is 0 Å². The van der Waals surface area contributed by atoms with Gasteiger partial charge in [0, 0.05) is 19.0 Å². The highest BCUT2D eigenvalue weighted by Gasteiger charge is 2.17. The lowest BCUT2D eigenvalue weighted by Crippen LogP contribution is -2.42. The van der Waals surface area contributed by atoms with E-state index in [1.54, 1.807) is 0 Å². The van der Waals surface area contributed by atoms with Gasteiger partial charge in [0.2, 0.25) is 11.8 Å². The molecule has 20 heavy (non-hydrogen) atoms. The molecule has 1 aliphatic heterocycles. The molecule has 1 saturated carbocycles.